The lowest BCUT2D eigenvalue weighted by Crippen LogP contribution is -2.09. The maximum Gasteiger partial charge on any atom is 0.417 e. The minimum atomic E-state index is -4.62. The van der Waals surface area contributed by atoms with Crippen molar-refractivity contribution in [1.29, 1.82) is 5.26 Å². The fourth-order valence-corrected chi connectivity index (χ4v) is 8.69. The van der Waals surface area contributed by atoms with Gasteiger partial charge < -0.3 is 9.13 Å². The number of rotatable bonds is 5. The van der Waals surface area contributed by atoms with Crippen LogP contribution in [0.1, 0.15) is 22.3 Å². The highest BCUT2D eigenvalue weighted by molar-refractivity contribution is 6.12. The first kappa shape index (κ1) is 35.1. The summed E-state index contributed by atoms with van der Waals surface area (Å²) in [6, 6.07) is 57.0. The summed E-state index contributed by atoms with van der Waals surface area (Å²) in [4.78, 5) is 0. The number of nitriles is 1. The van der Waals surface area contributed by atoms with E-state index in [1.807, 2.05) is 48.5 Å². The summed E-state index contributed by atoms with van der Waals surface area (Å²) in [5, 5.41) is 15.3. The largest absolute Gasteiger partial charge is 0.417 e. The molecular weight excluding hydrogens is 724 g/mol. The number of fused-ring (bicyclic) bond motifs is 6. The van der Waals surface area contributed by atoms with Crippen molar-refractivity contribution in [2.24, 2.45) is 0 Å². The van der Waals surface area contributed by atoms with E-state index in [9.17, 15) is 18.4 Å². The molecule has 0 amide bonds. The highest BCUT2D eigenvalue weighted by Gasteiger charge is 2.34. The van der Waals surface area contributed by atoms with Gasteiger partial charge >= 0.3 is 6.18 Å². The molecular formula is C52H34F3N3. The van der Waals surface area contributed by atoms with Gasteiger partial charge in [0, 0.05) is 21.5 Å². The second-order valence-electron chi connectivity index (χ2n) is 15.0. The van der Waals surface area contributed by atoms with E-state index in [0.29, 0.717) is 22.5 Å². The van der Waals surface area contributed by atoms with Crippen molar-refractivity contribution in [3.05, 3.63) is 192 Å². The van der Waals surface area contributed by atoms with E-state index in [2.05, 4.69) is 114 Å². The average molecular weight is 758 g/mol. The molecule has 3 nitrogen and oxygen atoms in total. The van der Waals surface area contributed by atoms with E-state index in [1.54, 1.807) is 18.2 Å². The molecule has 10 rings (SSSR count). The highest BCUT2D eigenvalue weighted by Crippen LogP contribution is 2.44. The van der Waals surface area contributed by atoms with Gasteiger partial charge in [-0.2, -0.15) is 18.4 Å². The van der Waals surface area contributed by atoms with Gasteiger partial charge in [0.15, 0.2) is 0 Å². The van der Waals surface area contributed by atoms with Crippen LogP contribution >= 0.6 is 0 Å². The minimum absolute atomic E-state index is 0.0319. The third-order valence-corrected chi connectivity index (χ3v) is 11.3. The van der Waals surface area contributed by atoms with Gasteiger partial charge in [0.1, 0.15) is 11.6 Å². The predicted octanol–water partition coefficient (Wildman–Crippen LogP) is 14.4. The summed E-state index contributed by atoms with van der Waals surface area (Å²) >= 11 is 0. The molecule has 8 aromatic carbocycles. The van der Waals surface area contributed by atoms with E-state index in [4.69, 9.17) is 0 Å². The number of aryl methyl sites for hydroxylation is 2. The minimum Gasteiger partial charge on any atom is -0.308 e. The summed E-state index contributed by atoms with van der Waals surface area (Å²) in [5.41, 5.74) is 10.6. The molecule has 0 spiro atoms. The molecule has 6 heteroatoms. The van der Waals surface area contributed by atoms with E-state index in [-0.39, 0.29) is 5.56 Å². The first-order chi connectivity index (χ1) is 28.2. The van der Waals surface area contributed by atoms with Gasteiger partial charge in [-0.25, -0.2) is 0 Å². The van der Waals surface area contributed by atoms with Gasteiger partial charge in [-0.3, -0.25) is 0 Å². The van der Waals surface area contributed by atoms with Crippen molar-refractivity contribution in [3.8, 4) is 50.8 Å². The van der Waals surface area contributed by atoms with E-state index >= 15 is 0 Å². The van der Waals surface area contributed by atoms with Crippen LogP contribution in [0.25, 0.3) is 88.4 Å². The zero-order valence-corrected chi connectivity index (χ0v) is 31.6. The average Bonchev–Trinajstić information content (AvgIpc) is 3.75. The fraction of sp³-hybridized carbons (Fsp3) is 0.0577. The van der Waals surface area contributed by atoms with Crippen LogP contribution in [0, 0.1) is 25.2 Å². The second-order valence-corrected chi connectivity index (χ2v) is 15.0. The topological polar surface area (TPSA) is 33.6 Å². The quantitative estimate of drug-likeness (QED) is 0.172. The standard InChI is InChI=1S/C52H34F3N3/c1-32-11-9-13-34(25-32)36-21-23-42-40-16-4-7-19-46(40)57(48(42)27-36)50-29-38(39-15-3-6-18-45(39)52(53,54)55)30-51(44(50)31-56)58-47-20-8-5-17-41(47)43-24-22-37(28-49(43)58)35-14-10-12-33(2)26-35/h3-30H,1-2H3. The van der Waals surface area contributed by atoms with Crippen LogP contribution in [0.2, 0.25) is 0 Å². The molecule has 0 aliphatic heterocycles. The smallest absolute Gasteiger partial charge is 0.308 e. The number of alkyl halides is 3. The van der Waals surface area contributed by atoms with Crippen LogP contribution in [0.3, 0.4) is 0 Å². The second kappa shape index (κ2) is 13.4. The van der Waals surface area contributed by atoms with Gasteiger partial charge in [-0.15, -0.1) is 0 Å². The lowest BCUT2D eigenvalue weighted by Gasteiger charge is -2.20. The third-order valence-electron chi connectivity index (χ3n) is 11.3. The Morgan fingerprint density at radius 2 is 0.879 bits per heavy atom. The first-order valence-corrected chi connectivity index (χ1v) is 19.1. The van der Waals surface area contributed by atoms with Crippen molar-refractivity contribution < 1.29 is 13.2 Å². The Hall–Kier alpha value is -7.36. The van der Waals surface area contributed by atoms with Gasteiger partial charge in [0.2, 0.25) is 0 Å². The number of aromatic nitrogens is 2. The number of para-hydroxylation sites is 2. The Kier molecular flexibility index (Phi) is 8.10. The molecule has 0 N–H and O–H groups in total. The van der Waals surface area contributed by atoms with Crippen molar-refractivity contribution in [2.75, 3.05) is 0 Å². The molecule has 58 heavy (non-hydrogen) atoms. The van der Waals surface area contributed by atoms with Crippen molar-refractivity contribution in [3.63, 3.8) is 0 Å². The predicted molar refractivity (Wildman–Crippen MR) is 231 cm³/mol. The highest BCUT2D eigenvalue weighted by atomic mass is 19.4. The summed E-state index contributed by atoms with van der Waals surface area (Å²) in [5.74, 6) is 0. The lowest BCUT2D eigenvalue weighted by molar-refractivity contribution is -0.137. The van der Waals surface area contributed by atoms with Gasteiger partial charge in [0.25, 0.3) is 0 Å². The SMILES string of the molecule is Cc1cccc(-c2ccc3c4ccccc4n(-c4cc(-c5ccccc5C(F)(F)F)cc(-n5c6ccccc6c6ccc(-c7cccc(C)c7)cc65)c4C#N)c3c2)c1. The normalized spacial score (nSPS) is 11.9. The molecule has 0 unspecified atom stereocenters. The van der Waals surface area contributed by atoms with E-state index < -0.39 is 11.7 Å². The number of nitrogens with zero attached hydrogens (tertiary/aromatic N) is 3. The summed E-state index contributed by atoms with van der Waals surface area (Å²) < 4.78 is 48.7. The van der Waals surface area contributed by atoms with E-state index in [1.165, 1.54) is 12.1 Å². The molecule has 0 fully saturated rings. The van der Waals surface area contributed by atoms with Crippen molar-refractivity contribution >= 4 is 43.6 Å². The molecule has 0 bridgehead atoms. The van der Waals surface area contributed by atoms with Crippen LogP contribution in [0.4, 0.5) is 13.2 Å². The molecule has 2 heterocycles. The summed E-state index contributed by atoms with van der Waals surface area (Å²) in [6.45, 7) is 4.12. The Balaban J connectivity index is 1.36. The molecule has 0 saturated carbocycles. The molecule has 0 aliphatic rings. The van der Waals surface area contributed by atoms with E-state index in [0.717, 1.165) is 83.1 Å². The Labute approximate surface area is 333 Å². The number of benzene rings is 8. The molecule has 0 saturated heterocycles. The molecule has 278 valence electrons. The van der Waals surface area contributed by atoms with Crippen LogP contribution in [-0.2, 0) is 6.18 Å². The van der Waals surface area contributed by atoms with Gasteiger partial charge in [-0.05, 0) is 89.7 Å². The summed E-state index contributed by atoms with van der Waals surface area (Å²) in [7, 11) is 0. The zero-order valence-electron chi connectivity index (χ0n) is 31.6. The van der Waals surface area contributed by atoms with Crippen molar-refractivity contribution in [2.45, 2.75) is 20.0 Å². The van der Waals surface area contributed by atoms with Crippen LogP contribution in [0.5, 0.6) is 0 Å². The van der Waals surface area contributed by atoms with Crippen molar-refractivity contribution in [1.82, 2.24) is 9.13 Å². The molecule has 0 atom stereocenters. The third kappa shape index (κ3) is 5.66. The summed E-state index contributed by atoms with van der Waals surface area (Å²) in [6.07, 6.45) is -4.62. The Morgan fingerprint density at radius 3 is 1.36 bits per heavy atom. The molecule has 10 aromatic rings. The Morgan fingerprint density at radius 1 is 0.431 bits per heavy atom. The fourth-order valence-electron chi connectivity index (χ4n) is 8.69. The maximum atomic E-state index is 14.9. The van der Waals surface area contributed by atoms with Crippen LogP contribution < -0.4 is 0 Å². The number of hydrogen-bond acceptors (Lipinski definition) is 1. The number of hydrogen-bond donors (Lipinski definition) is 0. The monoisotopic (exact) mass is 757 g/mol. The Bertz CT molecular complexity index is 3140. The maximum absolute atomic E-state index is 14.9. The zero-order chi connectivity index (χ0) is 39.7. The van der Waals surface area contributed by atoms with Gasteiger partial charge in [-0.1, -0.05) is 139 Å². The van der Waals surface area contributed by atoms with Crippen LogP contribution in [0.15, 0.2) is 170 Å². The van der Waals surface area contributed by atoms with Gasteiger partial charge in [0.05, 0.1) is 39.0 Å². The number of halogens is 3. The molecule has 0 aliphatic carbocycles. The van der Waals surface area contributed by atoms with Crippen LogP contribution in [-0.4, -0.2) is 9.13 Å². The lowest BCUT2D eigenvalue weighted by atomic mass is 9.95. The molecule has 0 radical (unpaired) electrons. The molecule has 2 aromatic heterocycles. The first-order valence-electron chi connectivity index (χ1n) is 19.1.